The fourth-order valence-electron chi connectivity index (χ4n) is 4.07. The molecule has 0 spiro atoms. The van der Waals surface area contributed by atoms with Crippen molar-refractivity contribution < 1.29 is 0 Å². The van der Waals surface area contributed by atoms with E-state index in [1.807, 2.05) is 12.1 Å². The van der Waals surface area contributed by atoms with E-state index in [1.165, 1.54) is 43.7 Å². The Hall–Kier alpha value is -0.950. The number of nitrogens with two attached hydrogens (primary N) is 1. The van der Waals surface area contributed by atoms with Crippen LogP contribution in [0.25, 0.3) is 0 Å². The highest BCUT2D eigenvalue weighted by molar-refractivity contribution is 9.10. The van der Waals surface area contributed by atoms with Gasteiger partial charge < -0.3 is 15.5 Å². The quantitative estimate of drug-likeness (QED) is 0.501. The Labute approximate surface area is 195 Å². The first-order valence-electron chi connectivity index (χ1n) is 11.0. The molecule has 6 heteroatoms. The predicted octanol–water partition coefficient (Wildman–Crippen LogP) is 4.46. The lowest BCUT2D eigenvalue weighted by Crippen LogP contribution is -2.47. The highest BCUT2D eigenvalue weighted by Crippen LogP contribution is 2.17. The molecule has 2 N–H and O–H groups in total. The smallest absolute Gasteiger partial charge is 0.0409 e. The molecule has 0 unspecified atom stereocenters. The fraction of sp³-hybridized carbons (Fsp3) is 0.500. The highest BCUT2D eigenvalue weighted by atomic mass is 79.9. The Morgan fingerprint density at radius 3 is 2.07 bits per heavy atom. The molecule has 1 heterocycles. The van der Waals surface area contributed by atoms with Crippen LogP contribution in [0.15, 0.2) is 53.0 Å². The Morgan fingerprint density at radius 1 is 0.867 bits per heavy atom. The number of hydrogen-bond acceptors (Lipinski definition) is 4. The van der Waals surface area contributed by atoms with Crippen LogP contribution in [-0.2, 0) is 13.1 Å². The molecule has 1 aliphatic rings. The molecule has 0 amide bonds. The largest absolute Gasteiger partial charge is 0.330 e. The number of benzene rings is 2. The van der Waals surface area contributed by atoms with E-state index in [-0.39, 0.29) is 0 Å². The van der Waals surface area contributed by atoms with Crippen LogP contribution in [0.2, 0.25) is 5.02 Å². The monoisotopic (exact) mass is 492 g/mol. The van der Waals surface area contributed by atoms with Gasteiger partial charge in [0.25, 0.3) is 0 Å². The van der Waals surface area contributed by atoms with Gasteiger partial charge in [-0.15, -0.1) is 0 Å². The number of rotatable bonds is 11. The summed E-state index contributed by atoms with van der Waals surface area (Å²) in [7, 11) is 0. The molecule has 2 aromatic carbocycles. The zero-order chi connectivity index (χ0) is 21.2. The number of nitrogens with zero attached hydrogens (tertiary/aromatic N) is 3. The third-order valence-corrected chi connectivity index (χ3v) is 6.41. The molecule has 1 aliphatic heterocycles. The van der Waals surface area contributed by atoms with Gasteiger partial charge in [0, 0.05) is 55.3 Å². The van der Waals surface area contributed by atoms with E-state index in [9.17, 15) is 0 Å². The number of hydrogen-bond donors (Lipinski definition) is 1. The maximum Gasteiger partial charge on any atom is 0.0409 e. The minimum Gasteiger partial charge on any atom is -0.330 e. The lowest BCUT2D eigenvalue weighted by molar-refractivity contribution is 0.125. The zero-order valence-corrected chi connectivity index (χ0v) is 20.1. The third-order valence-electron chi connectivity index (χ3n) is 5.68. The second kappa shape index (κ2) is 12.8. The second-order valence-corrected chi connectivity index (χ2v) is 9.50. The third kappa shape index (κ3) is 8.29. The molecular weight excluding hydrogens is 460 g/mol. The molecule has 164 valence electrons. The zero-order valence-electron chi connectivity index (χ0n) is 17.8. The number of piperazine rings is 1. The van der Waals surface area contributed by atoms with Crippen LogP contribution in [-0.4, -0.2) is 67.1 Å². The van der Waals surface area contributed by atoms with Gasteiger partial charge in [-0.1, -0.05) is 51.8 Å². The summed E-state index contributed by atoms with van der Waals surface area (Å²) in [5.41, 5.74) is 8.24. The molecule has 30 heavy (non-hydrogen) atoms. The lowest BCUT2D eigenvalue weighted by atomic mass is 10.1. The Balaban J connectivity index is 1.51. The summed E-state index contributed by atoms with van der Waals surface area (Å²) < 4.78 is 1.13. The van der Waals surface area contributed by atoms with Gasteiger partial charge in [0.05, 0.1) is 0 Å². The molecule has 1 fully saturated rings. The summed E-state index contributed by atoms with van der Waals surface area (Å²) in [6.07, 6.45) is 2.28. The molecule has 1 saturated heterocycles. The first-order chi connectivity index (χ1) is 14.6. The van der Waals surface area contributed by atoms with Gasteiger partial charge in [-0.25, -0.2) is 0 Å². The van der Waals surface area contributed by atoms with Gasteiger partial charge in [0.2, 0.25) is 0 Å². The van der Waals surface area contributed by atoms with E-state index in [2.05, 4.69) is 67.0 Å². The van der Waals surface area contributed by atoms with Crippen molar-refractivity contribution in [3.8, 4) is 0 Å². The summed E-state index contributed by atoms with van der Waals surface area (Å²) in [6.45, 7) is 10.7. The molecule has 0 aliphatic carbocycles. The van der Waals surface area contributed by atoms with Gasteiger partial charge in [-0.2, -0.15) is 0 Å². The lowest BCUT2D eigenvalue weighted by Gasteiger charge is -2.35. The van der Waals surface area contributed by atoms with E-state index in [0.717, 1.165) is 55.2 Å². The molecular formula is C24H34BrClN4. The summed E-state index contributed by atoms with van der Waals surface area (Å²) in [6, 6.07) is 16.8. The summed E-state index contributed by atoms with van der Waals surface area (Å²) in [5.74, 6) is 0. The summed E-state index contributed by atoms with van der Waals surface area (Å²) >= 11 is 9.82. The molecule has 0 saturated carbocycles. The summed E-state index contributed by atoms with van der Waals surface area (Å²) in [4.78, 5) is 7.68. The van der Waals surface area contributed by atoms with Crippen LogP contribution in [0, 0.1) is 0 Å². The van der Waals surface area contributed by atoms with E-state index in [4.69, 9.17) is 17.3 Å². The molecule has 4 nitrogen and oxygen atoms in total. The van der Waals surface area contributed by atoms with Crippen LogP contribution in [0.1, 0.15) is 24.0 Å². The molecule has 0 atom stereocenters. The van der Waals surface area contributed by atoms with Crippen LogP contribution in [0.5, 0.6) is 0 Å². The van der Waals surface area contributed by atoms with E-state index in [0.29, 0.717) is 0 Å². The van der Waals surface area contributed by atoms with Crippen molar-refractivity contribution in [2.45, 2.75) is 25.9 Å². The molecule has 0 radical (unpaired) electrons. The average Bonchev–Trinajstić information content (AvgIpc) is 2.73. The van der Waals surface area contributed by atoms with Crippen molar-refractivity contribution in [3.63, 3.8) is 0 Å². The maximum absolute atomic E-state index is 6.22. The Bertz CT molecular complexity index is 717. The van der Waals surface area contributed by atoms with Crippen LogP contribution < -0.4 is 5.73 Å². The topological polar surface area (TPSA) is 35.7 Å². The van der Waals surface area contributed by atoms with E-state index < -0.39 is 0 Å². The Morgan fingerprint density at radius 2 is 1.47 bits per heavy atom. The highest BCUT2D eigenvalue weighted by Gasteiger charge is 2.16. The van der Waals surface area contributed by atoms with Crippen molar-refractivity contribution in [1.82, 2.24) is 14.7 Å². The Kier molecular flexibility index (Phi) is 10.1. The van der Waals surface area contributed by atoms with Gasteiger partial charge in [0.15, 0.2) is 0 Å². The fourth-order valence-corrected chi connectivity index (χ4v) is 4.73. The van der Waals surface area contributed by atoms with Crippen molar-refractivity contribution in [2.75, 3.05) is 52.4 Å². The van der Waals surface area contributed by atoms with Crippen molar-refractivity contribution in [1.29, 1.82) is 0 Å². The minimum atomic E-state index is 0.792. The van der Waals surface area contributed by atoms with Crippen molar-refractivity contribution in [2.24, 2.45) is 5.73 Å². The molecule has 0 bridgehead atoms. The van der Waals surface area contributed by atoms with Gasteiger partial charge >= 0.3 is 0 Å². The number of halogens is 2. The van der Waals surface area contributed by atoms with Crippen LogP contribution in [0.3, 0.4) is 0 Å². The average molecular weight is 494 g/mol. The van der Waals surface area contributed by atoms with Crippen molar-refractivity contribution in [3.05, 3.63) is 69.2 Å². The molecule has 2 aromatic rings. The van der Waals surface area contributed by atoms with Crippen molar-refractivity contribution >= 4 is 27.5 Å². The van der Waals surface area contributed by atoms with E-state index >= 15 is 0 Å². The molecule has 3 rings (SSSR count). The predicted molar refractivity (Wildman–Crippen MR) is 131 cm³/mol. The summed E-state index contributed by atoms with van der Waals surface area (Å²) in [5, 5.41) is 0.808. The van der Waals surface area contributed by atoms with Gasteiger partial charge in [0.1, 0.15) is 0 Å². The van der Waals surface area contributed by atoms with Gasteiger partial charge in [-0.05, 0) is 67.9 Å². The van der Waals surface area contributed by atoms with E-state index in [1.54, 1.807) is 0 Å². The molecule has 0 aromatic heterocycles. The SMILES string of the molecule is NCCCN1CCN(CCCN(Cc2cccc(Cl)c2)Cc2cccc(Br)c2)CC1. The normalized spacial score (nSPS) is 15.7. The minimum absolute atomic E-state index is 0.792. The second-order valence-electron chi connectivity index (χ2n) is 8.15. The first kappa shape index (κ1) is 23.7. The van der Waals surface area contributed by atoms with Crippen LogP contribution >= 0.6 is 27.5 Å². The maximum atomic E-state index is 6.22. The standard InChI is InChI=1S/C24H34BrClN4/c25-23-7-1-5-21(17-23)19-30(20-22-6-2-8-24(26)18-22)12-4-11-29-15-13-28(14-16-29)10-3-9-27/h1-2,5-8,17-18H,3-4,9-16,19-20,27H2. The van der Waals surface area contributed by atoms with Gasteiger partial charge in [-0.3, -0.25) is 4.90 Å². The first-order valence-corrected chi connectivity index (χ1v) is 12.2. The van der Waals surface area contributed by atoms with Crippen LogP contribution in [0.4, 0.5) is 0 Å².